The van der Waals surface area contributed by atoms with Gasteiger partial charge in [-0.05, 0) is 56.1 Å². The summed E-state index contributed by atoms with van der Waals surface area (Å²) in [5.41, 5.74) is 1.28. The van der Waals surface area contributed by atoms with Gasteiger partial charge in [0.25, 0.3) is 0 Å². The summed E-state index contributed by atoms with van der Waals surface area (Å²) in [6.07, 6.45) is 0. The average molecular weight is 564 g/mol. The summed E-state index contributed by atoms with van der Waals surface area (Å²) >= 11 is 13.5. The Balaban J connectivity index is 2.43. The van der Waals surface area contributed by atoms with Crippen LogP contribution in [-0.4, -0.2) is 4.89 Å². The van der Waals surface area contributed by atoms with Gasteiger partial charge in [0, 0.05) is 20.1 Å². The minimum atomic E-state index is -4.27. The molecule has 110 valence electrons. The lowest BCUT2D eigenvalue weighted by molar-refractivity contribution is 0.293. The molecule has 1 aliphatic rings. The van der Waals surface area contributed by atoms with Crippen LogP contribution in [0.25, 0.3) is 11.1 Å². The second kappa shape index (κ2) is 5.65. The van der Waals surface area contributed by atoms with E-state index in [1.165, 1.54) is 0 Å². The second-order valence-electron chi connectivity index (χ2n) is 4.18. The van der Waals surface area contributed by atoms with Gasteiger partial charge in [-0.2, -0.15) is 0 Å². The third-order valence-electron chi connectivity index (χ3n) is 2.72. The standard InChI is InChI=1S/C12H5Br4O4P/c13-5-1-7-8-2-6(14)4-10(16)12(8)20-21(17,18)19-11(7)9(15)3-5/h1-4H,(H,17,18). The zero-order chi connectivity index (χ0) is 15.4. The van der Waals surface area contributed by atoms with Crippen LogP contribution in [0.3, 0.4) is 0 Å². The monoisotopic (exact) mass is 560 g/mol. The Morgan fingerprint density at radius 3 is 1.57 bits per heavy atom. The number of hydrogen-bond acceptors (Lipinski definition) is 3. The molecular formula is C12H5Br4O4P. The Hall–Kier alpha value is 0.150. The molecule has 1 N–H and O–H groups in total. The third-order valence-corrected chi connectivity index (χ3v) is 5.64. The molecule has 2 aromatic carbocycles. The van der Waals surface area contributed by atoms with Gasteiger partial charge < -0.3 is 9.05 Å². The first-order chi connectivity index (χ1) is 9.77. The first kappa shape index (κ1) is 16.0. The van der Waals surface area contributed by atoms with Gasteiger partial charge in [0.05, 0.1) is 8.95 Å². The Morgan fingerprint density at radius 2 is 1.19 bits per heavy atom. The van der Waals surface area contributed by atoms with Gasteiger partial charge in [0.15, 0.2) is 11.5 Å². The lowest BCUT2D eigenvalue weighted by Gasteiger charge is -2.12. The fourth-order valence-corrected chi connectivity index (χ4v) is 5.71. The summed E-state index contributed by atoms with van der Waals surface area (Å²) in [5, 5.41) is 0. The Kier molecular flexibility index (Phi) is 4.31. The van der Waals surface area contributed by atoms with Gasteiger partial charge in [-0.3, -0.25) is 4.89 Å². The maximum Gasteiger partial charge on any atom is 0.585 e. The largest absolute Gasteiger partial charge is 0.585 e. The summed E-state index contributed by atoms with van der Waals surface area (Å²) in [6, 6.07) is 7.06. The number of halogens is 4. The van der Waals surface area contributed by atoms with Crippen LogP contribution in [0, 0.1) is 0 Å². The van der Waals surface area contributed by atoms with Crippen LogP contribution in [0.4, 0.5) is 0 Å². The predicted octanol–water partition coefficient (Wildman–Crippen LogP) is 6.28. The number of phosphoric acid groups is 1. The average Bonchev–Trinajstić information content (AvgIpc) is 2.45. The molecule has 4 nitrogen and oxygen atoms in total. The highest BCUT2D eigenvalue weighted by molar-refractivity contribution is 9.11. The molecule has 0 bridgehead atoms. The minimum Gasteiger partial charge on any atom is -0.393 e. The minimum absolute atomic E-state index is 0.257. The van der Waals surface area contributed by atoms with E-state index in [2.05, 4.69) is 63.7 Å². The van der Waals surface area contributed by atoms with Crippen molar-refractivity contribution in [3.63, 3.8) is 0 Å². The Morgan fingerprint density at radius 1 is 0.810 bits per heavy atom. The van der Waals surface area contributed by atoms with Crippen molar-refractivity contribution in [3.8, 4) is 22.6 Å². The number of rotatable bonds is 0. The van der Waals surface area contributed by atoms with Gasteiger partial charge in [-0.25, -0.2) is 4.57 Å². The van der Waals surface area contributed by atoms with Crippen LogP contribution < -0.4 is 9.05 Å². The molecule has 0 amide bonds. The fourth-order valence-electron chi connectivity index (χ4n) is 1.96. The summed E-state index contributed by atoms with van der Waals surface area (Å²) < 4.78 is 25.2. The molecule has 9 heteroatoms. The van der Waals surface area contributed by atoms with E-state index in [9.17, 15) is 9.46 Å². The van der Waals surface area contributed by atoms with Crippen LogP contribution in [0.5, 0.6) is 11.5 Å². The molecule has 1 aliphatic heterocycles. The van der Waals surface area contributed by atoms with Gasteiger partial charge in [-0.15, -0.1) is 0 Å². The van der Waals surface area contributed by atoms with Crippen LogP contribution in [0.1, 0.15) is 0 Å². The van der Waals surface area contributed by atoms with Gasteiger partial charge in [-0.1, -0.05) is 31.9 Å². The molecule has 1 heterocycles. The van der Waals surface area contributed by atoms with E-state index in [-0.39, 0.29) is 11.5 Å². The summed E-state index contributed by atoms with van der Waals surface area (Å²) in [5.74, 6) is 0.514. The summed E-state index contributed by atoms with van der Waals surface area (Å²) in [7, 11) is -4.27. The predicted molar refractivity (Wildman–Crippen MR) is 93.8 cm³/mol. The van der Waals surface area contributed by atoms with Crippen molar-refractivity contribution in [2.45, 2.75) is 0 Å². The number of benzene rings is 2. The molecule has 0 aliphatic carbocycles. The maximum atomic E-state index is 12.1. The van der Waals surface area contributed by atoms with Crippen molar-refractivity contribution < 1.29 is 18.5 Å². The molecule has 0 saturated carbocycles. The van der Waals surface area contributed by atoms with Crippen molar-refractivity contribution >= 4 is 71.5 Å². The van der Waals surface area contributed by atoms with Crippen LogP contribution in [-0.2, 0) is 4.57 Å². The van der Waals surface area contributed by atoms with Crippen LogP contribution >= 0.6 is 71.5 Å². The van der Waals surface area contributed by atoms with E-state index in [4.69, 9.17) is 9.05 Å². The molecule has 0 aromatic heterocycles. The molecule has 0 unspecified atom stereocenters. The van der Waals surface area contributed by atoms with Crippen LogP contribution in [0.15, 0.2) is 42.2 Å². The Labute approximate surface area is 154 Å². The van der Waals surface area contributed by atoms with Crippen LogP contribution in [0.2, 0.25) is 0 Å². The zero-order valence-electron chi connectivity index (χ0n) is 9.94. The smallest absolute Gasteiger partial charge is 0.393 e. The zero-order valence-corrected chi connectivity index (χ0v) is 17.2. The van der Waals surface area contributed by atoms with E-state index in [0.717, 1.165) is 8.95 Å². The quantitative estimate of drug-likeness (QED) is 0.384. The van der Waals surface area contributed by atoms with E-state index in [1.807, 2.05) is 0 Å². The van der Waals surface area contributed by atoms with E-state index >= 15 is 0 Å². The molecule has 2 aromatic rings. The van der Waals surface area contributed by atoms with E-state index in [0.29, 0.717) is 20.1 Å². The van der Waals surface area contributed by atoms with Gasteiger partial charge >= 0.3 is 7.82 Å². The topological polar surface area (TPSA) is 55.8 Å². The number of fused-ring (bicyclic) bond motifs is 3. The molecule has 21 heavy (non-hydrogen) atoms. The van der Waals surface area contributed by atoms with E-state index in [1.54, 1.807) is 24.3 Å². The third kappa shape index (κ3) is 3.12. The van der Waals surface area contributed by atoms with Gasteiger partial charge in [0.2, 0.25) is 0 Å². The molecule has 0 radical (unpaired) electrons. The summed E-state index contributed by atoms with van der Waals surface area (Å²) in [4.78, 5) is 9.88. The van der Waals surface area contributed by atoms with Crippen molar-refractivity contribution in [2.75, 3.05) is 0 Å². The first-order valence-corrected chi connectivity index (χ1v) is 10.1. The molecule has 0 spiro atoms. The first-order valence-electron chi connectivity index (χ1n) is 5.47. The highest BCUT2D eigenvalue weighted by atomic mass is 79.9. The van der Waals surface area contributed by atoms with Crippen molar-refractivity contribution in [1.29, 1.82) is 0 Å². The fraction of sp³-hybridized carbons (Fsp3) is 0. The van der Waals surface area contributed by atoms with Crippen molar-refractivity contribution in [3.05, 3.63) is 42.2 Å². The summed E-state index contributed by atoms with van der Waals surface area (Å²) in [6.45, 7) is 0. The maximum absolute atomic E-state index is 12.1. The second-order valence-corrected chi connectivity index (χ2v) is 9.02. The highest BCUT2D eigenvalue weighted by Crippen LogP contribution is 2.58. The molecule has 0 atom stereocenters. The lowest BCUT2D eigenvalue weighted by atomic mass is 10.0. The van der Waals surface area contributed by atoms with Gasteiger partial charge in [0.1, 0.15) is 0 Å². The highest BCUT2D eigenvalue weighted by Gasteiger charge is 2.34. The van der Waals surface area contributed by atoms with Crippen molar-refractivity contribution in [2.24, 2.45) is 0 Å². The molecule has 0 fully saturated rings. The van der Waals surface area contributed by atoms with E-state index < -0.39 is 7.82 Å². The SMILES string of the molecule is O=P1(O)Oc2c(Br)cc(Br)cc2-c2cc(Br)cc(Br)c2O1. The lowest BCUT2D eigenvalue weighted by Crippen LogP contribution is -1.98. The molecular weight excluding hydrogens is 559 g/mol. The normalized spacial score (nSPS) is 15.3. The number of hydrogen-bond donors (Lipinski definition) is 1. The molecule has 3 rings (SSSR count). The molecule has 0 saturated heterocycles. The van der Waals surface area contributed by atoms with Crippen molar-refractivity contribution in [1.82, 2.24) is 0 Å². The Bertz CT molecular complexity index is 745. The number of phosphoric ester groups is 1.